The highest BCUT2D eigenvalue weighted by atomic mass is 79.9. The normalized spacial score (nSPS) is 10.0. The molecule has 7 aromatic rings. The molecule has 0 fully saturated rings. The van der Waals surface area contributed by atoms with E-state index in [1.165, 1.54) is 42.5 Å². The summed E-state index contributed by atoms with van der Waals surface area (Å²) in [6.07, 6.45) is 0. The summed E-state index contributed by atoms with van der Waals surface area (Å²) in [4.78, 5) is 0. The van der Waals surface area contributed by atoms with Crippen molar-refractivity contribution in [2.75, 3.05) is 0 Å². The lowest BCUT2D eigenvalue weighted by Gasteiger charge is -2.08. The molecule has 1 heterocycles. The number of furan rings is 1. The maximum Gasteiger partial charge on any atom is 0.492 e. The summed E-state index contributed by atoms with van der Waals surface area (Å²) < 4.78 is 70.2. The zero-order valence-electron chi connectivity index (χ0n) is 25.6. The van der Waals surface area contributed by atoms with Crippen molar-refractivity contribution in [2.45, 2.75) is 14.9 Å². The van der Waals surface area contributed by atoms with Crippen LogP contribution in [0.25, 0.3) is 33.1 Å². The van der Waals surface area contributed by atoms with Gasteiger partial charge in [0.05, 0.1) is 19.5 Å². The molecule has 15 heteroatoms. The quantitative estimate of drug-likeness (QED) is 0.0601. The second-order valence-electron chi connectivity index (χ2n) is 10.2. The molecule has 4 N–H and O–H groups in total. The van der Waals surface area contributed by atoms with E-state index in [0.717, 1.165) is 17.5 Å². The Morgan fingerprint density at radius 1 is 0.566 bits per heavy atom. The minimum absolute atomic E-state index is 0. The minimum Gasteiger partial charge on any atom is -0.508 e. The Morgan fingerprint density at radius 3 is 1.66 bits per heavy atom. The van der Waals surface area contributed by atoms with E-state index in [1.54, 1.807) is 36.4 Å². The number of hydrogen-bond acceptors (Lipinski definition) is 5. The summed E-state index contributed by atoms with van der Waals surface area (Å²) in [5, 5.41) is 37.9. The molecule has 6 aromatic carbocycles. The molecular formula is C38H30BBrCl3F5O5. The van der Waals surface area contributed by atoms with Crippen LogP contribution in [0.5, 0.6) is 11.5 Å². The fourth-order valence-corrected chi connectivity index (χ4v) is 5.39. The van der Waals surface area contributed by atoms with Crippen LogP contribution in [0.1, 0.15) is 14.9 Å². The Balaban J connectivity index is 0.000000247. The monoisotopic (exact) mass is 856 g/mol. The van der Waals surface area contributed by atoms with E-state index in [-0.39, 0.29) is 68.9 Å². The smallest absolute Gasteiger partial charge is 0.492 e. The summed E-state index contributed by atoms with van der Waals surface area (Å²) in [5.74, 6) is -4.54. The van der Waals surface area contributed by atoms with Crippen LogP contribution in [0.4, 0.5) is 22.0 Å². The van der Waals surface area contributed by atoms with E-state index < -0.39 is 30.4 Å². The molecular weight excluding hydrogens is 828 g/mol. The van der Waals surface area contributed by atoms with E-state index in [4.69, 9.17) is 54.4 Å². The molecule has 0 aliphatic rings. The van der Waals surface area contributed by atoms with Crippen LogP contribution in [0.3, 0.4) is 0 Å². The molecule has 0 aliphatic carbocycles. The first-order valence-electron chi connectivity index (χ1n) is 14.3. The van der Waals surface area contributed by atoms with Crippen LogP contribution in [-0.2, 0) is 0 Å². The van der Waals surface area contributed by atoms with Gasteiger partial charge < -0.3 is 24.7 Å². The van der Waals surface area contributed by atoms with Crippen molar-refractivity contribution in [3.8, 4) is 22.6 Å². The predicted octanol–water partition coefficient (Wildman–Crippen LogP) is 12.1. The molecule has 0 saturated carbocycles. The van der Waals surface area contributed by atoms with Crippen LogP contribution in [0.15, 0.2) is 118 Å². The summed E-state index contributed by atoms with van der Waals surface area (Å²) in [6, 6.07) is 26.8. The largest absolute Gasteiger partial charge is 0.508 e. The molecule has 7 rings (SSSR count). The van der Waals surface area contributed by atoms with Crippen molar-refractivity contribution >= 4 is 85.3 Å². The van der Waals surface area contributed by atoms with Gasteiger partial charge in [-0.05, 0) is 70.5 Å². The number of phenolic OH excluding ortho intramolecular Hbond substituents is 2. The minimum atomic E-state index is -1.60. The van der Waals surface area contributed by atoms with Gasteiger partial charge in [0, 0.05) is 27.4 Å². The highest BCUT2D eigenvalue weighted by Crippen LogP contribution is 2.37. The number of halogens is 9. The number of phenols is 2. The third-order valence-corrected chi connectivity index (χ3v) is 8.80. The third-order valence-electron chi connectivity index (χ3n) is 6.85. The molecule has 278 valence electrons. The molecule has 0 atom stereocenters. The number of rotatable bonds is 2. The molecule has 0 bridgehead atoms. The van der Waals surface area contributed by atoms with Gasteiger partial charge in [0.1, 0.15) is 17.1 Å². The zero-order valence-corrected chi connectivity index (χ0v) is 29.4. The maximum absolute atomic E-state index is 13.6. The van der Waals surface area contributed by atoms with Gasteiger partial charge >= 0.3 is 7.12 Å². The van der Waals surface area contributed by atoms with Crippen molar-refractivity contribution in [1.82, 2.24) is 0 Å². The van der Waals surface area contributed by atoms with Crippen LogP contribution >= 0.6 is 50.7 Å². The summed E-state index contributed by atoms with van der Waals surface area (Å²) in [7, 11) is -1.60. The van der Waals surface area contributed by atoms with Gasteiger partial charge in [-0.3, -0.25) is 0 Å². The summed E-state index contributed by atoms with van der Waals surface area (Å²) in [5.41, 5.74) is 1.05. The van der Waals surface area contributed by atoms with Gasteiger partial charge in [-0.15, -0.1) is 0 Å². The first-order valence-corrected chi connectivity index (χ1v) is 16.3. The number of fused-ring (bicyclic) bond motifs is 3. The average Bonchev–Trinajstić information content (AvgIpc) is 3.52. The van der Waals surface area contributed by atoms with Crippen molar-refractivity contribution in [2.24, 2.45) is 0 Å². The molecule has 1 aromatic heterocycles. The summed E-state index contributed by atoms with van der Waals surface area (Å²) in [6.45, 7) is 0. The molecule has 53 heavy (non-hydrogen) atoms. The van der Waals surface area contributed by atoms with E-state index in [9.17, 15) is 27.1 Å². The fourth-order valence-electron chi connectivity index (χ4n) is 4.42. The molecule has 0 unspecified atom stereocenters. The van der Waals surface area contributed by atoms with Gasteiger partial charge in [0.2, 0.25) is 0 Å². The number of aromatic hydroxyl groups is 2. The molecule has 0 saturated heterocycles. The SMILES string of the molecule is C.C.Fc1ccc(Cl)c(Br)c1F.Fc1ccc(Cl)c2c1oc1ccccc12.OB(O)c1ccccc1O.Oc1ccccc1-c1c(Cl)ccc(F)c1F. The number of hydrogen-bond donors (Lipinski definition) is 4. The average molecular weight is 859 g/mol. The van der Waals surface area contributed by atoms with Crippen molar-refractivity contribution in [3.05, 3.63) is 158 Å². The van der Waals surface area contributed by atoms with Crippen LogP contribution < -0.4 is 5.46 Å². The number of para-hydroxylation sites is 3. The van der Waals surface area contributed by atoms with Gasteiger partial charge in [-0.2, -0.15) is 0 Å². The van der Waals surface area contributed by atoms with E-state index >= 15 is 0 Å². The Labute approximate surface area is 325 Å². The second-order valence-corrected chi connectivity index (χ2v) is 12.2. The zero-order chi connectivity index (χ0) is 37.4. The van der Waals surface area contributed by atoms with Crippen molar-refractivity contribution in [1.29, 1.82) is 0 Å². The lowest BCUT2D eigenvalue weighted by molar-refractivity contribution is 0.419. The standard InChI is InChI=1S/C12H7ClF2O.C12H6ClFO.C6H7BO3.C6H2BrClF2.2CH4/c13-8-5-6-9(14)12(15)11(8)7-3-1-2-4-10(7)16;13-8-5-6-9(14)12-11(8)7-3-1-2-4-10(7)15-12;8-6-4-2-1-3-5(6)7(9)10;7-5-3(8)1-2-4(9)6(5)10;;/h1-6,16H;1-6H;1-4,8-10H;1-2H;2*1H4. The second kappa shape index (κ2) is 20.2. The molecule has 0 spiro atoms. The van der Waals surface area contributed by atoms with Gasteiger partial charge in [0.15, 0.2) is 34.7 Å². The van der Waals surface area contributed by atoms with Crippen molar-refractivity contribution < 1.29 is 46.6 Å². The van der Waals surface area contributed by atoms with E-state index in [2.05, 4.69) is 15.9 Å². The lowest BCUT2D eigenvalue weighted by atomic mass is 9.80. The predicted molar refractivity (Wildman–Crippen MR) is 208 cm³/mol. The Kier molecular flexibility index (Phi) is 17.1. The van der Waals surface area contributed by atoms with Crippen molar-refractivity contribution in [3.63, 3.8) is 0 Å². The molecule has 0 amide bonds. The fraction of sp³-hybridized carbons (Fsp3) is 0.0526. The topological polar surface area (TPSA) is 94.1 Å². The van der Waals surface area contributed by atoms with E-state index in [0.29, 0.717) is 16.0 Å². The van der Waals surface area contributed by atoms with Gasteiger partial charge in [0.25, 0.3) is 0 Å². The first kappa shape index (κ1) is 44.9. The molecule has 0 aliphatic heterocycles. The third kappa shape index (κ3) is 10.9. The molecule has 5 nitrogen and oxygen atoms in total. The Bertz CT molecular complexity index is 2280. The van der Waals surface area contributed by atoms with Gasteiger partial charge in [-0.25, -0.2) is 22.0 Å². The number of benzene rings is 6. The van der Waals surface area contributed by atoms with Crippen LogP contribution in [0.2, 0.25) is 15.1 Å². The molecule has 0 radical (unpaired) electrons. The highest BCUT2D eigenvalue weighted by Gasteiger charge is 2.17. The Morgan fingerprint density at radius 2 is 1.08 bits per heavy atom. The highest BCUT2D eigenvalue weighted by molar-refractivity contribution is 9.10. The van der Waals surface area contributed by atoms with Crippen LogP contribution in [0, 0.1) is 29.1 Å². The lowest BCUT2D eigenvalue weighted by Crippen LogP contribution is -2.29. The first-order chi connectivity index (χ1) is 24.2. The van der Waals surface area contributed by atoms with Gasteiger partial charge in [-0.1, -0.05) is 104 Å². The Hall–Kier alpha value is -4.30. The maximum atomic E-state index is 13.6. The van der Waals surface area contributed by atoms with Crippen LogP contribution in [-0.4, -0.2) is 27.4 Å². The summed E-state index contributed by atoms with van der Waals surface area (Å²) >= 11 is 20.0. The van der Waals surface area contributed by atoms with E-state index in [1.807, 2.05) is 18.2 Å².